The Morgan fingerprint density at radius 3 is 2.50 bits per heavy atom. The van der Waals surface area contributed by atoms with Crippen LogP contribution in [0.25, 0.3) is 0 Å². The fourth-order valence-corrected chi connectivity index (χ4v) is 2.78. The summed E-state index contributed by atoms with van der Waals surface area (Å²) >= 11 is 3.59. The van der Waals surface area contributed by atoms with E-state index in [4.69, 9.17) is 0 Å². The number of hydrogen-bond acceptors (Lipinski definition) is 0. The summed E-state index contributed by atoms with van der Waals surface area (Å²) in [6, 6.07) is 13.6. The number of benzene rings is 2. The van der Waals surface area contributed by atoms with Gasteiger partial charge in [-0.15, -0.1) is 0 Å². The quantitative estimate of drug-likeness (QED) is 0.690. The highest BCUT2D eigenvalue weighted by Crippen LogP contribution is 2.29. The van der Waals surface area contributed by atoms with E-state index in [1.165, 1.54) is 17.2 Å². The van der Waals surface area contributed by atoms with Crippen molar-refractivity contribution in [2.75, 3.05) is 0 Å². The third-order valence-electron chi connectivity index (χ3n) is 2.99. The molecule has 0 fully saturated rings. The summed E-state index contributed by atoms with van der Waals surface area (Å²) in [5, 5.41) is 0. The molecular weight excluding hydrogens is 291 g/mol. The second-order valence-corrected chi connectivity index (χ2v) is 5.79. The fourth-order valence-electron chi connectivity index (χ4n) is 2.06. The highest BCUT2D eigenvalue weighted by Gasteiger charge is 2.13. The average molecular weight is 307 g/mol. The van der Waals surface area contributed by atoms with E-state index >= 15 is 0 Å². The lowest BCUT2D eigenvalue weighted by Crippen LogP contribution is -1.99. The molecule has 18 heavy (non-hydrogen) atoms. The van der Waals surface area contributed by atoms with Crippen LogP contribution in [0.15, 0.2) is 42.5 Å². The molecule has 0 saturated carbocycles. The summed E-state index contributed by atoms with van der Waals surface area (Å²) in [6.07, 6.45) is 0.794. The van der Waals surface area contributed by atoms with Gasteiger partial charge in [-0.25, -0.2) is 4.39 Å². The standard InChI is InChI=1S/C16H16BrF/c1-11-4-3-5-13(8-11)10-15(17)14-9-12(2)6-7-16(14)18/h3-9,15H,10H2,1-2H3. The number of aryl methyl sites for hydroxylation is 2. The second-order valence-electron chi connectivity index (χ2n) is 4.69. The van der Waals surface area contributed by atoms with Crippen LogP contribution in [0.3, 0.4) is 0 Å². The van der Waals surface area contributed by atoms with Gasteiger partial charge in [-0.05, 0) is 31.9 Å². The molecule has 0 amide bonds. The molecule has 0 spiro atoms. The lowest BCUT2D eigenvalue weighted by Gasteiger charge is -2.12. The zero-order valence-corrected chi connectivity index (χ0v) is 12.2. The van der Waals surface area contributed by atoms with Gasteiger partial charge >= 0.3 is 0 Å². The van der Waals surface area contributed by atoms with Crippen molar-refractivity contribution in [2.24, 2.45) is 0 Å². The molecule has 0 heterocycles. The Labute approximate surface area is 116 Å². The first kappa shape index (κ1) is 13.3. The minimum absolute atomic E-state index is 0.0131. The maximum Gasteiger partial charge on any atom is 0.127 e. The van der Waals surface area contributed by atoms with E-state index in [2.05, 4.69) is 41.1 Å². The average Bonchev–Trinajstić information content (AvgIpc) is 2.32. The van der Waals surface area contributed by atoms with Crippen molar-refractivity contribution in [2.45, 2.75) is 25.1 Å². The van der Waals surface area contributed by atoms with Crippen molar-refractivity contribution in [3.05, 3.63) is 70.5 Å². The molecule has 0 aromatic heterocycles. The molecule has 2 aromatic rings. The first-order valence-corrected chi connectivity index (χ1v) is 6.93. The van der Waals surface area contributed by atoms with E-state index in [0.717, 1.165) is 17.5 Å². The van der Waals surface area contributed by atoms with Crippen LogP contribution < -0.4 is 0 Å². The second kappa shape index (κ2) is 5.66. The van der Waals surface area contributed by atoms with Gasteiger partial charge < -0.3 is 0 Å². The van der Waals surface area contributed by atoms with Gasteiger partial charge in [-0.1, -0.05) is 63.5 Å². The first-order valence-electron chi connectivity index (χ1n) is 6.02. The van der Waals surface area contributed by atoms with Crippen molar-refractivity contribution < 1.29 is 4.39 Å². The molecule has 0 radical (unpaired) electrons. The van der Waals surface area contributed by atoms with Gasteiger partial charge in [0.05, 0.1) is 0 Å². The molecule has 2 rings (SSSR count). The number of halogens is 2. The molecule has 0 bridgehead atoms. The molecule has 0 aliphatic carbocycles. The van der Waals surface area contributed by atoms with Gasteiger partial charge in [0.1, 0.15) is 5.82 Å². The van der Waals surface area contributed by atoms with Gasteiger partial charge in [-0.2, -0.15) is 0 Å². The highest BCUT2D eigenvalue weighted by atomic mass is 79.9. The van der Waals surface area contributed by atoms with Crippen LogP contribution in [0.2, 0.25) is 0 Å². The number of alkyl halides is 1. The van der Waals surface area contributed by atoms with Crippen LogP contribution in [-0.4, -0.2) is 0 Å². The van der Waals surface area contributed by atoms with E-state index in [1.807, 2.05) is 19.1 Å². The molecule has 1 atom stereocenters. The normalized spacial score (nSPS) is 12.4. The van der Waals surface area contributed by atoms with Gasteiger partial charge in [-0.3, -0.25) is 0 Å². The topological polar surface area (TPSA) is 0 Å². The molecule has 2 aromatic carbocycles. The molecule has 1 unspecified atom stereocenters. The molecule has 0 aliphatic heterocycles. The van der Waals surface area contributed by atoms with E-state index in [1.54, 1.807) is 6.07 Å². The maximum atomic E-state index is 13.8. The summed E-state index contributed by atoms with van der Waals surface area (Å²) in [5.41, 5.74) is 4.27. The lowest BCUT2D eigenvalue weighted by atomic mass is 10.0. The zero-order valence-electron chi connectivity index (χ0n) is 10.6. The van der Waals surface area contributed by atoms with E-state index in [0.29, 0.717) is 0 Å². The molecule has 0 N–H and O–H groups in total. The molecule has 0 saturated heterocycles. The lowest BCUT2D eigenvalue weighted by molar-refractivity contribution is 0.607. The minimum atomic E-state index is -0.143. The van der Waals surface area contributed by atoms with Crippen molar-refractivity contribution in [1.82, 2.24) is 0 Å². The Kier molecular flexibility index (Phi) is 4.18. The minimum Gasteiger partial charge on any atom is -0.207 e. The first-order chi connectivity index (χ1) is 8.56. The van der Waals surface area contributed by atoms with E-state index < -0.39 is 0 Å². The smallest absolute Gasteiger partial charge is 0.127 e. The summed E-state index contributed by atoms with van der Waals surface area (Å²) in [4.78, 5) is 0.0131. The van der Waals surface area contributed by atoms with Crippen LogP contribution in [0.1, 0.15) is 27.1 Å². The summed E-state index contributed by atoms with van der Waals surface area (Å²) in [5.74, 6) is -0.143. The van der Waals surface area contributed by atoms with Crippen LogP contribution in [0, 0.1) is 19.7 Å². The summed E-state index contributed by atoms with van der Waals surface area (Å²) in [6.45, 7) is 4.05. The van der Waals surface area contributed by atoms with Gasteiger partial charge in [0.2, 0.25) is 0 Å². The summed E-state index contributed by atoms with van der Waals surface area (Å²) < 4.78 is 13.8. The summed E-state index contributed by atoms with van der Waals surface area (Å²) in [7, 11) is 0. The van der Waals surface area contributed by atoms with Crippen LogP contribution in [0.5, 0.6) is 0 Å². The van der Waals surface area contributed by atoms with Crippen molar-refractivity contribution in [3.63, 3.8) is 0 Å². The van der Waals surface area contributed by atoms with Gasteiger partial charge in [0.15, 0.2) is 0 Å². The third-order valence-corrected chi connectivity index (χ3v) is 3.80. The van der Waals surface area contributed by atoms with Gasteiger partial charge in [0.25, 0.3) is 0 Å². The van der Waals surface area contributed by atoms with Crippen LogP contribution >= 0.6 is 15.9 Å². The van der Waals surface area contributed by atoms with Crippen molar-refractivity contribution in [3.8, 4) is 0 Å². The monoisotopic (exact) mass is 306 g/mol. The van der Waals surface area contributed by atoms with E-state index in [9.17, 15) is 4.39 Å². The van der Waals surface area contributed by atoms with Gasteiger partial charge in [0, 0.05) is 10.4 Å². The van der Waals surface area contributed by atoms with E-state index in [-0.39, 0.29) is 10.6 Å². The molecule has 2 heteroatoms. The largest absolute Gasteiger partial charge is 0.207 e. The maximum absolute atomic E-state index is 13.8. The predicted molar refractivity (Wildman–Crippen MR) is 77.7 cm³/mol. The Balaban J connectivity index is 2.21. The van der Waals surface area contributed by atoms with Crippen molar-refractivity contribution >= 4 is 15.9 Å². The fraction of sp³-hybridized carbons (Fsp3) is 0.250. The Morgan fingerprint density at radius 2 is 1.78 bits per heavy atom. The number of hydrogen-bond donors (Lipinski definition) is 0. The van der Waals surface area contributed by atoms with Crippen molar-refractivity contribution in [1.29, 1.82) is 0 Å². The van der Waals surface area contributed by atoms with Crippen LogP contribution in [0.4, 0.5) is 4.39 Å². The zero-order chi connectivity index (χ0) is 13.1. The highest BCUT2D eigenvalue weighted by molar-refractivity contribution is 9.09. The Bertz CT molecular complexity index is 549. The Morgan fingerprint density at radius 1 is 1.06 bits per heavy atom. The SMILES string of the molecule is Cc1cccc(CC(Br)c2cc(C)ccc2F)c1. The molecule has 0 nitrogen and oxygen atoms in total. The molecule has 94 valence electrons. The third kappa shape index (κ3) is 3.20. The molecule has 0 aliphatic rings. The Hall–Kier alpha value is -1.15. The number of rotatable bonds is 3. The molecular formula is C16H16BrF. The van der Waals surface area contributed by atoms with Crippen LogP contribution in [-0.2, 0) is 6.42 Å². The predicted octanol–water partition coefficient (Wildman–Crippen LogP) is 5.12.